The number of ether oxygens (including phenoxy) is 2. The molecule has 1 aromatic rings. The van der Waals surface area contributed by atoms with Gasteiger partial charge in [0, 0.05) is 6.42 Å². The second-order valence-electron chi connectivity index (χ2n) is 6.99. The molecule has 140 valence electrons. The van der Waals surface area contributed by atoms with Crippen molar-refractivity contribution < 1.29 is 23.8 Å². The average molecular weight is 376 g/mol. The van der Waals surface area contributed by atoms with Gasteiger partial charge in [-0.2, -0.15) is 4.39 Å². The Morgan fingerprint density at radius 2 is 2.12 bits per heavy atom. The smallest absolute Gasteiger partial charge is 0.434 e. The molecule has 1 fully saturated rings. The van der Waals surface area contributed by atoms with E-state index in [9.17, 15) is 23.9 Å². The second-order valence-corrected chi connectivity index (χ2v) is 8.41. The zero-order valence-electron chi connectivity index (χ0n) is 14.2. The Hall–Kier alpha value is -1.81. The summed E-state index contributed by atoms with van der Waals surface area (Å²) in [5, 5.41) is 9.01. The molecule has 1 saturated heterocycles. The van der Waals surface area contributed by atoms with Crippen molar-refractivity contribution in [3.05, 3.63) is 32.9 Å². The molecule has 2 N–H and O–H groups in total. The van der Waals surface area contributed by atoms with Crippen LogP contribution >= 0.6 is 11.8 Å². The molecule has 1 aliphatic heterocycles. The first-order valence-corrected chi connectivity index (χ1v) is 8.65. The van der Waals surface area contributed by atoms with Crippen LogP contribution in [0.25, 0.3) is 0 Å². The third kappa shape index (κ3) is 5.33. The van der Waals surface area contributed by atoms with Gasteiger partial charge in [-0.3, -0.25) is 14.3 Å². The Kier molecular flexibility index (Phi) is 5.94. The zero-order chi connectivity index (χ0) is 18.8. The summed E-state index contributed by atoms with van der Waals surface area (Å²) in [7, 11) is 0. The second kappa shape index (κ2) is 7.61. The Bertz CT molecular complexity index is 741. The standard InChI is InChI=1S/C15H21FN2O6S/c1-15(2,3)7-24-14(22)23-6-10-9(19)4-11(25-10)18-5-8(16)12(20)17-13(18)21/h5,9-11,19H,4,6-7H2,1-3H3,(H,17,20,21)/t9-,10+,11+/m0/s1. The highest BCUT2D eigenvalue weighted by molar-refractivity contribution is 8.00. The Labute approximate surface area is 147 Å². The lowest BCUT2D eigenvalue weighted by atomic mass is 9.99. The first-order valence-electron chi connectivity index (χ1n) is 7.71. The van der Waals surface area contributed by atoms with Gasteiger partial charge in [0.05, 0.1) is 29.5 Å². The third-order valence-corrected chi connectivity index (χ3v) is 4.96. The highest BCUT2D eigenvalue weighted by Crippen LogP contribution is 2.40. The van der Waals surface area contributed by atoms with Crippen LogP contribution in [-0.4, -0.2) is 45.4 Å². The molecule has 2 rings (SSSR count). The Morgan fingerprint density at radius 1 is 1.44 bits per heavy atom. The highest BCUT2D eigenvalue weighted by atomic mass is 32.2. The highest BCUT2D eigenvalue weighted by Gasteiger charge is 2.36. The van der Waals surface area contributed by atoms with Gasteiger partial charge >= 0.3 is 11.8 Å². The molecule has 0 unspecified atom stereocenters. The van der Waals surface area contributed by atoms with Gasteiger partial charge in [0.1, 0.15) is 6.61 Å². The minimum Gasteiger partial charge on any atom is -0.434 e. The SMILES string of the molecule is CC(C)(C)COC(=O)OC[C@H]1S[C@@H](n2cc(F)c(=O)[nH]c2=O)C[C@@H]1O. The van der Waals surface area contributed by atoms with Crippen molar-refractivity contribution in [3.63, 3.8) is 0 Å². The fourth-order valence-electron chi connectivity index (χ4n) is 2.18. The number of aliphatic hydroxyl groups excluding tert-OH is 1. The minimum absolute atomic E-state index is 0.105. The summed E-state index contributed by atoms with van der Waals surface area (Å²) in [6.07, 6.45) is -0.723. The normalized spacial score (nSPS) is 23.5. The molecule has 1 aliphatic rings. The largest absolute Gasteiger partial charge is 0.508 e. The number of rotatable bonds is 4. The summed E-state index contributed by atoms with van der Waals surface area (Å²) >= 11 is 1.16. The number of aliphatic hydroxyl groups is 1. The first kappa shape index (κ1) is 19.5. The average Bonchev–Trinajstić information content (AvgIpc) is 2.87. The summed E-state index contributed by atoms with van der Waals surface area (Å²) in [4.78, 5) is 36.3. The number of hydrogen-bond donors (Lipinski definition) is 2. The molecular formula is C15H21FN2O6S. The lowest BCUT2D eigenvalue weighted by Gasteiger charge is -2.18. The number of aromatic amines is 1. The van der Waals surface area contributed by atoms with Gasteiger partial charge in [0.15, 0.2) is 0 Å². The van der Waals surface area contributed by atoms with Crippen LogP contribution in [0.1, 0.15) is 32.6 Å². The van der Waals surface area contributed by atoms with Crippen molar-refractivity contribution in [2.24, 2.45) is 5.41 Å². The third-order valence-electron chi connectivity index (χ3n) is 3.43. The summed E-state index contributed by atoms with van der Waals surface area (Å²) in [6.45, 7) is 5.81. The van der Waals surface area contributed by atoms with Gasteiger partial charge in [-0.25, -0.2) is 9.59 Å². The topological polar surface area (TPSA) is 111 Å². The van der Waals surface area contributed by atoms with Crippen LogP contribution in [0.4, 0.5) is 9.18 Å². The number of carbonyl (C=O) groups is 1. The number of nitrogens with zero attached hydrogens (tertiary/aromatic N) is 1. The van der Waals surface area contributed by atoms with Crippen LogP contribution in [0, 0.1) is 11.2 Å². The maximum Gasteiger partial charge on any atom is 0.508 e. The van der Waals surface area contributed by atoms with Gasteiger partial charge in [-0.1, -0.05) is 20.8 Å². The van der Waals surface area contributed by atoms with E-state index < -0.39 is 39.9 Å². The van der Waals surface area contributed by atoms with E-state index in [-0.39, 0.29) is 25.0 Å². The lowest BCUT2D eigenvalue weighted by Crippen LogP contribution is -2.32. The summed E-state index contributed by atoms with van der Waals surface area (Å²) in [6, 6.07) is 0. The van der Waals surface area contributed by atoms with Crippen LogP contribution < -0.4 is 11.2 Å². The van der Waals surface area contributed by atoms with Gasteiger partial charge in [-0.05, 0) is 5.41 Å². The van der Waals surface area contributed by atoms with E-state index in [2.05, 4.69) is 0 Å². The number of aromatic nitrogens is 2. The van der Waals surface area contributed by atoms with Crippen molar-refractivity contribution >= 4 is 17.9 Å². The predicted molar refractivity (Wildman–Crippen MR) is 89.1 cm³/mol. The fraction of sp³-hybridized carbons (Fsp3) is 0.667. The van der Waals surface area contributed by atoms with Crippen LogP contribution in [-0.2, 0) is 9.47 Å². The van der Waals surface area contributed by atoms with Gasteiger partial charge in [-0.15, -0.1) is 11.8 Å². The quantitative estimate of drug-likeness (QED) is 0.761. The van der Waals surface area contributed by atoms with Crippen LogP contribution in [0.2, 0.25) is 0 Å². The van der Waals surface area contributed by atoms with Crippen molar-refractivity contribution in [2.75, 3.05) is 13.2 Å². The number of nitrogens with one attached hydrogen (secondary N) is 1. The molecule has 0 saturated carbocycles. The van der Waals surface area contributed by atoms with Crippen LogP contribution in [0.3, 0.4) is 0 Å². The molecule has 0 aromatic carbocycles. The monoisotopic (exact) mass is 376 g/mol. The van der Waals surface area contributed by atoms with E-state index in [4.69, 9.17) is 9.47 Å². The van der Waals surface area contributed by atoms with Crippen LogP contribution in [0.5, 0.6) is 0 Å². The van der Waals surface area contributed by atoms with Gasteiger partial charge in [0.25, 0.3) is 5.56 Å². The first-order chi connectivity index (χ1) is 11.6. The fourth-order valence-corrected chi connectivity index (χ4v) is 3.62. The van der Waals surface area contributed by atoms with Crippen molar-refractivity contribution in [3.8, 4) is 0 Å². The molecular weight excluding hydrogens is 355 g/mol. The van der Waals surface area contributed by atoms with Crippen LogP contribution in [0.15, 0.2) is 15.8 Å². The maximum atomic E-state index is 13.4. The molecule has 1 aromatic heterocycles. The van der Waals surface area contributed by atoms with E-state index in [0.29, 0.717) is 0 Å². The Morgan fingerprint density at radius 3 is 2.76 bits per heavy atom. The summed E-state index contributed by atoms with van der Waals surface area (Å²) in [5.41, 5.74) is -2.05. The molecule has 2 heterocycles. The number of thioether (sulfide) groups is 1. The number of halogens is 1. The Balaban J connectivity index is 1.93. The minimum atomic E-state index is -1.09. The van der Waals surface area contributed by atoms with E-state index in [1.54, 1.807) is 0 Å². The maximum absolute atomic E-state index is 13.4. The molecule has 0 aliphatic carbocycles. The van der Waals surface area contributed by atoms with Gasteiger partial charge < -0.3 is 14.6 Å². The molecule has 8 nitrogen and oxygen atoms in total. The number of H-pyrrole nitrogens is 1. The lowest BCUT2D eigenvalue weighted by molar-refractivity contribution is 0.0269. The molecule has 0 bridgehead atoms. The van der Waals surface area contributed by atoms with Gasteiger partial charge in [0.2, 0.25) is 5.82 Å². The molecule has 3 atom stereocenters. The van der Waals surface area contributed by atoms with E-state index >= 15 is 0 Å². The van der Waals surface area contributed by atoms with E-state index in [0.717, 1.165) is 22.5 Å². The zero-order valence-corrected chi connectivity index (χ0v) is 15.0. The molecule has 25 heavy (non-hydrogen) atoms. The van der Waals surface area contributed by atoms with E-state index in [1.807, 2.05) is 25.8 Å². The van der Waals surface area contributed by atoms with Crippen molar-refractivity contribution in [2.45, 2.75) is 43.9 Å². The predicted octanol–water partition coefficient (Wildman–Crippen LogP) is 1.24. The molecule has 10 heteroatoms. The van der Waals surface area contributed by atoms with Crippen molar-refractivity contribution in [1.29, 1.82) is 0 Å². The molecule has 0 spiro atoms. The number of carbonyl (C=O) groups excluding carboxylic acids is 1. The summed E-state index contributed by atoms with van der Waals surface area (Å²) < 4.78 is 24.3. The summed E-state index contributed by atoms with van der Waals surface area (Å²) in [5.74, 6) is -1.08. The molecule has 0 radical (unpaired) electrons. The van der Waals surface area contributed by atoms with E-state index in [1.165, 1.54) is 0 Å². The number of hydrogen-bond acceptors (Lipinski definition) is 7. The molecule has 0 amide bonds. The van der Waals surface area contributed by atoms with Crippen molar-refractivity contribution in [1.82, 2.24) is 9.55 Å².